The number of carbonyl (C=O) groups is 1. The molecule has 104 valence electrons. The summed E-state index contributed by atoms with van der Waals surface area (Å²) in [6.07, 6.45) is -3.26. The van der Waals surface area contributed by atoms with Gasteiger partial charge in [0.15, 0.2) is 0 Å². The van der Waals surface area contributed by atoms with Crippen LogP contribution in [-0.2, 0) is 10.2 Å². The molecule has 0 bridgehead atoms. The summed E-state index contributed by atoms with van der Waals surface area (Å²) in [6, 6.07) is 6.94. The molecule has 1 aliphatic carbocycles. The van der Waals surface area contributed by atoms with Crippen molar-refractivity contribution in [2.45, 2.75) is 37.4 Å². The minimum atomic E-state index is -4.83. The zero-order valence-electron chi connectivity index (χ0n) is 10.2. The molecular formula is C13H13BrF3NO. The highest BCUT2D eigenvalue weighted by Gasteiger charge is 2.51. The average Bonchev–Trinajstić information content (AvgIpc) is 3.10. The minimum absolute atomic E-state index is 0.360. The Bertz CT molecular complexity index is 480. The maximum Gasteiger partial charge on any atom is 0.471 e. The van der Waals surface area contributed by atoms with Crippen LogP contribution in [0.25, 0.3) is 0 Å². The second-order valence-electron chi connectivity index (χ2n) is 4.86. The molecule has 0 aliphatic heterocycles. The van der Waals surface area contributed by atoms with E-state index in [1.165, 1.54) is 0 Å². The minimum Gasteiger partial charge on any atom is -0.345 e. The van der Waals surface area contributed by atoms with E-state index in [0.29, 0.717) is 0 Å². The maximum atomic E-state index is 12.3. The van der Waals surface area contributed by atoms with Crippen LogP contribution in [0.15, 0.2) is 28.7 Å². The Morgan fingerprint density at radius 1 is 1.32 bits per heavy atom. The van der Waals surface area contributed by atoms with E-state index >= 15 is 0 Å². The molecule has 0 spiro atoms. The van der Waals surface area contributed by atoms with Crippen molar-refractivity contribution in [3.8, 4) is 0 Å². The standard InChI is InChI=1S/C13H13BrF3NO/c1-8(18-11(19)13(15,16)17)12(6-7-12)9-2-4-10(14)5-3-9/h2-5,8H,6-7H2,1H3,(H,18,19). The lowest BCUT2D eigenvalue weighted by atomic mass is 9.89. The van der Waals surface area contributed by atoms with Gasteiger partial charge in [-0.25, -0.2) is 0 Å². The molecule has 0 heterocycles. The molecule has 1 saturated carbocycles. The van der Waals surface area contributed by atoms with Gasteiger partial charge in [-0.1, -0.05) is 28.1 Å². The van der Waals surface area contributed by atoms with Gasteiger partial charge in [-0.15, -0.1) is 0 Å². The van der Waals surface area contributed by atoms with Gasteiger partial charge in [-0.3, -0.25) is 4.79 Å². The highest BCUT2D eigenvalue weighted by Crippen LogP contribution is 2.51. The SMILES string of the molecule is CC(NC(=O)C(F)(F)F)C1(c2ccc(Br)cc2)CC1. The van der Waals surface area contributed by atoms with Crippen LogP contribution >= 0.6 is 15.9 Å². The van der Waals surface area contributed by atoms with Crippen molar-refractivity contribution in [3.05, 3.63) is 34.3 Å². The van der Waals surface area contributed by atoms with Crippen LogP contribution in [0, 0.1) is 0 Å². The first-order valence-corrected chi connectivity index (χ1v) is 6.69. The molecule has 1 N–H and O–H groups in total. The van der Waals surface area contributed by atoms with Crippen molar-refractivity contribution in [1.29, 1.82) is 0 Å². The first kappa shape index (κ1) is 14.4. The lowest BCUT2D eigenvalue weighted by Gasteiger charge is -2.25. The molecule has 2 nitrogen and oxygen atoms in total. The second-order valence-corrected chi connectivity index (χ2v) is 5.77. The number of nitrogens with one attached hydrogen (secondary N) is 1. The highest BCUT2D eigenvalue weighted by atomic mass is 79.9. The van der Waals surface area contributed by atoms with Crippen molar-refractivity contribution in [1.82, 2.24) is 5.32 Å². The normalized spacial score (nSPS) is 18.8. The molecule has 19 heavy (non-hydrogen) atoms. The van der Waals surface area contributed by atoms with Crippen molar-refractivity contribution in [3.63, 3.8) is 0 Å². The second kappa shape index (κ2) is 4.81. The van der Waals surface area contributed by atoms with Crippen LogP contribution in [-0.4, -0.2) is 18.1 Å². The van der Waals surface area contributed by atoms with E-state index in [9.17, 15) is 18.0 Å². The van der Waals surface area contributed by atoms with Crippen LogP contribution in [0.2, 0.25) is 0 Å². The highest BCUT2D eigenvalue weighted by molar-refractivity contribution is 9.10. The third kappa shape index (κ3) is 2.94. The van der Waals surface area contributed by atoms with E-state index in [0.717, 1.165) is 22.9 Å². The molecule has 1 aromatic rings. The Morgan fingerprint density at radius 2 is 1.84 bits per heavy atom. The van der Waals surface area contributed by atoms with E-state index in [2.05, 4.69) is 21.2 Å². The lowest BCUT2D eigenvalue weighted by Crippen LogP contribution is -2.47. The van der Waals surface area contributed by atoms with Crippen LogP contribution in [0.1, 0.15) is 25.3 Å². The molecule has 2 rings (SSSR count). The maximum absolute atomic E-state index is 12.3. The van der Waals surface area contributed by atoms with Crippen LogP contribution in [0.3, 0.4) is 0 Å². The molecule has 0 saturated heterocycles. The fourth-order valence-corrected chi connectivity index (χ4v) is 2.57. The molecule has 1 aromatic carbocycles. The molecule has 1 aliphatic rings. The predicted molar refractivity (Wildman–Crippen MR) is 68.7 cm³/mol. The topological polar surface area (TPSA) is 29.1 Å². The van der Waals surface area contributed by atoms with Gasteiger partial charge in [-0.2, -0.15) is 13.2 Å². The largest absolute Gasteiger partial charge is 0.471 e. The van der Waals surface area contributed by atoms with Gasteiger partial charge >= 0.3 is 12.1 Å². The first-order chi connectivity index (χ1) is 8.75. The Labute approximate surface area is 117 Å². The zero-order valence-corrected chi connectivity index (χ0v) is 11.8. The molecule has 1 unspecified atom stereocenters. The van der Waals surface area contributed by atoms with Crippen LogP contribution in [0.5, 0.6) is 0 Å². The number of benzene rings is 1. The summed E-state index contributed by atoms with van der Waals surface area (Å²) in [5, 5.41) is 2.06. The van der Waals surface area contributed by atoms with Gasteiger partial charge in [0.05, 0.1) is 0 Å². The van der Waals surface area contributed by atoms with Gasteiger partial charge in [-0.05, 0) is 37.5 Å². The Morgan fingerprint density at radius 3 is 2.26 bits per heavy atom. The fraction of sp³-hybridized carbons (Fsp3) is 0.462. The third-order valence-corrected chi connectivity index (χ3v) is 4.17. The molecule has 0 radical (unpaired) electrons. The molecular weight excluding hydrogens is 323 g/mol. The number of amides is 1. The van der Waals surface area contributed by atoms with E-state index < -0.39 is 18.1 Å². The van der Waals surface area contributed by atoms with Gasteiger partial charge in [0.1, 0.15) is 0 Å². The first-order valence-electron chi connectivity index (χ1n) is 5.89. The number of hydrogen-bond donors (Lipinski definition) is 1. The fourth-order valence-electron chi connectivity index (χ4n) is 2.30. The van der Waals surface area contributed by atoms with E-state index in [4.69, 9.17) is 0 Å². The zero-order chi connectivity index (χ0) is 14.3. The molecule has 1 amide bonds. The van der Waals surface area contributed by atoms with E-state index in [1.807, 2.05) is 24.3 Å². The lowest BCUT2D eigenvalue weighted by molar-refractivity contribution is -0.174. The number of hydrogen-bond acceptors (Lipinski definition) is 1. The quantitative estimate of drug-likeness (QED) is 0.899. The van der Waals surface area contributed by atoms with Crippen molar-refractivity contribution >= 4 is 21.8 Å². The molecule has 1 atom stereocenters. The van der Waals surface area contributed by atoms with E-state index in [-0.39, 0.29) is 5.41 Å². The summed E-state index contributed by atoms with van der Waals surface area (Å²) >= 11 is 3.32. The van der Waals surface area contributed by atoms with Gasteiger partial charge in [0.2, 0.25) is 0 Å². The number of halogens is 4. The molecule has 6 heteroatoms. The molecule has 0 aromatic heterocycles. The van der Waals surface area contributed by atoms with Crippen molar-refractivity contribution in [2.75, 3.05) is 0 Å². The summed E-state index contributed by atoms with van der Waals surface area (Å²) in [4.78, 5) is 11.0. The molecule has 1 fully saturated rings. The van der Waals surface area contributed by atoms with Crippen LogP contribution < -0.4 is 5.32 Å². The van der Waals surface area contributed by atoms with Crippen LogP contribution in [0.4, 0.5) is 13.2 Å². The summed E-state index contributed by atoms with van der Waals surface area (Å²) in [7, 11) is 0. The number of alkyl halides is 3. The van der Waals surface area contributed by atoms with Gasteiger partial charge < -0.3 is 5.32 Å². The number of carbonyl (C=O) groups excluding carboxylic acids is 1. The predicted octanol–water partition coefficient (Wildman–Crippen LogP) is 3.55. The van der Waals surface area contributed by atoms with Gasteiger partial charge in [0, 0.05) is 15.9 Å². The van der Waals surface area contributed by atoms with Crippen molar-refractivity contribution in [2.24, 2.45) is 0 Å². The summed E-state index contributed by atoms with van der Waals surface area (Å²) < 4.78 is 37.7. The third-order valence-electron chi connectivity index (χ3n) is 3.64. The average molecular weight is 336 g/mol. The Hall–Kier alpha value is -1.04. The number of rotatable bonds is 3. The summed E-state index contributed by atoms with van der Waals surface area (Å²) in [6.45, 7) is 1.62. The van der Waals surface area contributed by atoms with E-state index in [1.54, 1.807) is 6.92 Å². The monoisotopic (exact) mass is 335 g/mol. The summed E-state index contributed by atoms with van der Waals surface area (Å²) in [5.41, 5.74) is 0.604. The van der Waals surface area contributed by atoms with Gasteiger partial charge in [0.25, 0.3) is 0 Å². The summed E-state index contributed by atoms with van der Waals surface area (Å²) in [5.74, 6) is -1.87. The van der Waals surface area contributed by atoms with Crippen molar-refractivity contribution < 1.29 is 18.0 Å². The Balaban J connectivity index is 2.12. The smallest absolute Gasteiger partial charge is 0.345 e. The Kier molecular flexibility index (Phi) is 3.64.